The summed E-state index contributed by atoms with van der Waals surface area (Å²) in [5.41, 5.74) is 2.35. The molecule has 0 saturated carbocycles. The molecule has 0 aliphatic carbocycles. The van der Waals surface area contributed by atoms with Crippen molar-refractivity contribution >= 4 is 17.1 Å². The minimum Gasteiger partial charge on any atom is -0.370 e. The van der Waals surface area contributed by atoms with Crippen molar-refractivity contribution in [3.63, 3.8) is 0 Å². The predicted molar refractivity (Wildman–Crippen MR) is 89.6 cm³/mol. The van der Waals surface area contributed by atoms with E-state index in [4.69, 9.17) is 0 Å². The maximum atomic E-state index is 12.6. The monoisotopic (exact) mass is 331 g/mol. The van der Waals surface area contributed by atoms with E-state index in [9.17, 15) is 13.2 Å². The fourth-order valence-electron chi connectivity index (χ4n) is 2.52. The third kappa shape index (κ3) is 3.64. The average molecular weight is 331 g/mol. The van der Waals surface area contributed by atoms with Crippen molar-refractivity contribution < 1.29 is 13.2 Å². The molecule has 1 aliphatic rings. The number of hydrogen-bond acceptors (Lipinski definition) is 3. The van der Waals surface area contributed by atoms with Gasteiger partial charge in [0.2, 0.25) is 0 Å². The van der Waals surface area contributed by atoms with Crippen LogP contribution in [-0.4, -0.2) is 24.6 Å². The topological polar surface area (TPSA) is 28.0 Å². The Hall–Kier alpha value is -2.63. The molecule has 24 heavy (non-hydrogen) atoms. The molecule has 0 N–H and O–H groups in total. The van der Waals surface area contributed by atoms with Crippen LogP contribution >= 0.6 is 0 Å². The maximum absolute atomic E-state index is 12.6. The van der Waals surface area contributed by atoms with Crippen LogP contribution in [0, 0.1) is 0 Å². The molecule has 1 heterocycles. The number of alkyl halides is 3. The van der Waals surface area contributed by atoms with Crippen molar-refractivity contribution in [2.75, 3.05) is 11.9 Å². The summed E-state index contributed by atoms with van der Waals surface area (Å²) >= 11 is 0. The molecule has 0 atom stereocenters. The van der Waals surface area contributed by atoms with Gasteiger partial charge < -0.3 is 4.90 Å². The van der Waals surface area contributed by atoms with Crippen LogP contribution in [-0.2, 0) is 6.54 Å². The molecule has 0 fully saturated rings. The van der Waals surface area contributed by atoms with Gasteiger partial charge in [-0.3, -0.25) is 0 Å². The second-order valence-electron chi connectivity index (χ2n) is 5.66. The summed E-state index contributed by atoms with van der Waals surface area (Å²) in [5, 5.41) is 6.91. The van der Waals surface area contributed by atoms with Crippen molar-refractivity contribution in [3.8, 4) is 0 Å². The predicted octanol–water partition coefficient (Wildman–Crippen LogP) is 4.43. The lowest BCUT2D eigenvalue weighted by molar-refractivity contribution is -0.0596. The van der Waals surface area contributed by atoms with E-state index >= 15 is 0 Å². The number of hydrogen-bond donors (Lipinski definition) is 0. The van der Waals surface area contributed by atoms with Crippen LogP contribution in [0.3, 0.4) is 0 Å². The van der Waals surface area contributed by atoms with Crippen molar-refractivity contribution in [2.24, 2.45) is 10.2 Å². The number of anilines is 1. The Labute approximate surface area is 138 Å². The zero-order valence-corrected chi connectivity index (χ0v) is 13.1. The fourth-order valence-corrected chi connectivity index (χ4v) is 2.52. The summed E-state index contributed by atoms with van der Waals surface area (Å²) in [6.45, 7) is 0.709. The van der Waals surface area contributed by atoms with Crippen LogP contribution in [0.4, 0.5) is 18.9 Å². The third-order valence-corrected chi connectivity index (χ3v) is 3.86. The SMILES string of the molecule is CN(Cc1ccc(C2=NN=C(C(F)(F)F)C2)cc1)c1ccccc1. The Kier molecular flexibility index (Phi) is 4.38. The first-order valence-corrected chi connectivity index (χ1v) is 7.49. The van der Waals surface area contributed by atoms with Gasteiger partial charge in [0.15, 0.2) is 0 Å². The van der Waals surface area contributed by atoms with E-state index in [0.717, 1.165) is 11.3 Å². The Morgan fingerprint density at radius 1 is 0.958 bits per heavy atom. The van der Waals surface area contributed by atoms with Crippen LogP contribution in [0.25, 0.3) is 0 Å². The fraction of sp³-hybridized carbons (Fsp3) is 0.222. The van der Waals surface area contributed by atoms with Gasteiger partial charge in [0.05, 0.1) is 5.71 Å². The standard InChI is InChI=1S/C18H16F3N3/c1-24(15-5-3-2-4-6-15)12-13-7-9-14(10-8-13)16-11-17(23-22-16)18(19,20)21/h2-10H,11-12H2,1H3. The van der Waals surface area contributed by atoms with Gasteiger partial charge in [-0.05, 0) is 23.3 Å². The zero-order chi connectivity index (χ0) is 17.2. The lowest BCUT2D eigenvalue weighted by atomic mass is 10.0. The molecule has 0 aromatic heterocycles. The minimum atomic E-state index is -4.41. The van der Waals surface area contributed by atoms with E-state index in [1.807, 2.05) is 49.5 Å². The van der Waals surface area contributed by atoms with Crippen LogP contribution in [0.15, 0.2) is 64.8 Å². The molecule has 3 rings (SSSR count). The maximum Gasteiger partial charge on any atom is 0.431 e. The van der Waals surface area contributed by atoms with Gasteiger partial charge in [-0.1, -0.05) is 42.5 Å². The molecule has 6 heteroatoms. The van der Waals surface area contributed by atoms with Crippen molar-refractivity contribution in [2.45, 2.75) is 19.1 Å². The van der Waals surface area contributed by atoms with Crippen molar-refractivity contribution in [1.29, 1.82) is 0 Å². The third-order valence-electron chi connectivity index (χ3n) is 3.86. The molecule has 3 nitrogen and oxygen atoms in total. The van der Waals surface area contributed by atoms with E-state index in [-0.39, 0.29) is 6.42 Å². The molecule has 1 aliphatic heterocycles. The summed E-state index contributed by atoms with van der Waals surface area (Å²) in [7, 11) is 1.99. The largest absolute Gasteiger partial charge is 0.431 e. The van der Waals surface area contributed by atoms with E-state index in [1.54, 1.807) is 12.1 Å². The zero-order valence-electron chi connectivity index (χ0n) is 13.1. The highest BCUT2D eigenvalue weighted by atomic mass is 19.4. The van der Waals surface area contributed by atoms with Crippen molar-refractivity contribution in [3.05, 3.63) is 65.7 Å². The first kappa shape index (κ1) is 16.2. The summed E-state index contributed by atoms with van der Waals surface area (Å²) in [5.74, 6) is 0. The quantitative estimate of drug-likeness (QED) is 0.814. The van der Waals surface area contributed by atoms with Gasteiger partial charge in [-0.2, -0.15) is 18.3 Å². The molecule has 2 aromatic carbocycles. The molecule has 0 saturated heterocycles. The van der Waals surface area contributed by atoms with Gasteiger partial charge in [-0.15, -0.1) is 5.10 Å². The normalized spacial score (nSPS) is 14.3. The average Bonchev–Trinajstić information content (AvgIpc) is 3.07. The molecule has 0 spiro atoms. The lowest BCUT2D eigenvalue weighted by Gasteiger charge is -2.19. The molecular weight excluding hydrogens is 315 g/mol. The first-order chi connectivity index (χ1) is 11.4. The molecule has 0 unspecified atom stereocenters. The number of para-hydroxylation sites is 1. The van der Waals surface area contributed by atoms with Gasteiger partial charge in [0, 0.05) is 25.7 Å². The molecule has 124 valence electrons. The Morgan fingerprint density at radius 2 is 1.62 bits per heavy atom. The summed E-state index contributed by atoms with van der Waals surface area (Å²) in [4.78, 5) is 2.10. The van der Waals surface area contributed by atoms with Crippen LogP contribution < -0.4 is 4.90 Å². The smallest absolute Gasteiger partial charge is 0.370 e. The van der Waals surface area contributed by atoms with Crippen molar-refractivity contribution in [1.82, 2.24) is 0 Å². The molecule has 0 amide bonds. The molecular formula is C18H16F3N3. The first-order valence-electron chi connectivity index (χ1n) is 7.49. The lowest BCUT2D eigenvalue weighted by Crippen LogP contribution is -2.23. The summed E-state index contributed by atoms with van der Waals surface area (Å²) in [6, 6.07) is 17.4. The Morgan fingerprint density at radius 3 is 2.21 bits per heavy atom. The number of benzene rings is 2. The minimum absolute atomic E-state index is 0.271. The van der Waals surface area contributed by atoms with Gasteiger partial charge >= 0.3 is 6.18 Å². The van der Waals surface area contributed by atoms with Gasteiger partial charge in [0.1, 0.15) is 5.71 Å². The van der Waals surface area contributed by atoms with E-state index in [0.29, 0.717) is 17.8 Å². The molecule has 0 radical (unpaired) electrons. The second kappa shape index (κ2) is 6.47. The van der Waals surface area contributed by atoms with Crippen LogP contribution in [0.2, 0.25) is 0 Å². The van der Waals surface area contributed by atoms with Gasteiger partial charge in [-0.25, -0.2) is 0 Å². The van der Waals surface area contributed by atoms with E-state index < -0.39 is 11.9 Å². The number of rotatable bonds is 4. The van der Waals surface area contributed by atoms with Crippen LogP contribution in [0.1, 0.15) is 17.5 Å². The van der Waals surface area contributed by atoms with E-state index in [2.05, 4.69) is 15.1 Å². The van der Waals surface area contributed by atoms with E-state index in [1.165, 1.54) is 0 Å². The van der Waals surface area contributed by atoms with Gasteiger partial charge in [0.25, 0.3) is 0 Å². The summed E-state index contributed by atoms with van der Waals surface area (Å²) < 4.78 is 37.8. The molecule has 2 aromatic rings. The highest BCUT2D eigenvalue weighted by Crippen LogP contribution is 2.25. The number of halogens is 3. The Bertz CT molecular complexity index is 762. The molecule has 0 bridgehead atoms. The highest BCUT2D eigenvalue weighted by molar-refractivity contribution is 6.16. The van der Waals surface area contributed by atoms with Crippen LogP contribution in [0.5, 0.6) is 0 Å². The number of nitrogens with zero attached hydrogens (tertiary/aromatic N) is 3. The highest BCUT2D eigenvalue weighted by Gasteiger charge is 2.38. The second-order valence-corrected chi connectivity index (χ2v) is 5.66. The Balaban J connectivity index is 1.65. The summed E-state index contributed by atoms with van der Waals surface area (Å²) in [6.07, 6.45) is -4.68.